The van der Waals surface area contributed by atoms with Crippen molar-refractivity contribution in [3.05, 3.63) is 40.7 Å². The van der Waals surface area contributed by atoms with Gasteiger partial charge in [-0.05, 0) is 55.3 Å². The SMILES string of the molecule is O=c1c2cc(F)ccc2ncn1CC1CCNCC12CCCC2. The lowest BCUT2D eigenvalue weighted by Crippen LogP contribution is -2.47. The van der Waals surface area contributed by atoms with Crippen molar-refractivity contribution in [3.63, 3.8) is 0 Å². The molecule has 2 heterocycles. The van der Waals surface area contributed by atoms with Crippen LogP contribution in [0.25, 0.3) is 10.9 Å². The van der Waals surface area contributed by atoms with Crippen molar-refractivity contribution in [3.8, 4) is 0 Å². The maximum Gasteiger partial charge on any atom is 0.261 e. The Hall–Kier alpha value is -1.75. The molecule has 122 valence electrons. The topological polar surface area (TPSA) is 46.9 Å². The first-order valence-corrected chi connectivity index (χ1v) is 8.53. The Balaban J connectivity index is 1.69. The van der Waals surface area contributed by atoms with Crippen molar-refractivity contribution in [1.29, 1.82) is 0 Å². The van der Waals surface area contributed by atoms with E-state index in [9.17, 15) is 9.18 Å². The smallest absolute Gasteiger partial charge is 0.261 e. The lowest BCUT2D eigenvalue weighted by molar-refractivity contribution is 0.101. The van der Waals surface area contributed by atoms with Gasteiger partial charge in [0.2, 0.25) is 0 Å². The molecule has 5 heteroatoms. The quantitative estimate of drug-likeness (QED) is 0.927. The van der Waals surface area contributed by atoms with Gasteiger partial charge < -0.3 is 5.32 Å². The average molecular weight is 315 g/mol. The Morgan fingerprint density at radius 1 is 1.35 bits per heavy atom. The Kier molecular flexibility index (Phi) is 3.68. The second-order valence-electron chi connectivity index (χ2n) is 7.10. The van der Waals surface area contributed by atoms with Crippen LogP contribution in [0.1, 0.15) is 32.1 Å². The Bertz CT molecular complexity index is 779. The third kappa shape index (κ3) is 2.57. The highest BCUT2D eigenvalue weighted by Crippen LogP contribution is 2.47. The van der Waals surface area contributed by atoms with Gasteiger partial charge in [0.05, 0.1) is 17.2 Å². The highest BCUT2D eigenvalue weighted by molar-refractivity contribution is 5.77. The van der Waals surface area contributed by atoms with Gasteiger partial charge in [0.25, 0.3) is 5.56 Å². The number of rotatable bonds is 2. The minimum atomic E-state index is -0.386. The van der Waals surface area contributed by atoms with Crippen molar-refractivity contribution < 1.29 is 4.39 Å². The molecule has 1 aliphatic carbocycles. The zero-order valence-electron chi connectivity index (χ0n) is 13.2. The van der Waals surface area contributed by atoms with E-state index >= 15 is 0 Å². The van der Waals surface area contributed by atoms with E-state index in [0.717, 1.165) is 19.5 Å². The van der Waals surface area contributed by atoms with Crippen LogP contribution in [0, 0.1) is 17.2 Å². The van der Waals surface area contributed by atoms with Crippen LogP contribution in [-0.4, -0.2) is 22.6 Å². The van der Waals surface area contributed by atoms with Gasteiger partial charge in [-0.1, -0.05) is 12.8 Å². The normalized spacial score (nSPS) is 23.6. The highest BCUT2D eigenvalue weighted by atomic mass is 19.1. The molecule has 1 aliphatic heterocycles. The summed E-state index contributed by atoms with van der Waals surface area (Å²) >= 11 is 0. The Morgan fingerprint density at radius 3 is 3.00 bits per heavy atom. The van der Waals surface area contributed by atoms with Gasteiger partial charge in [-0.25, -0.2) is 9.37 Å². The Morgan fingerprint density at radius 2 is 2.17 bits per heavy atom. The van der Waals surface area contributed by atoms with Crippen LogP contribution in [-0.2, 0) is 6.54 Å². The summed E-state index contributed by atoms with van der Waals surface area (Å²) in [6.45, 7) is 2.76. The first-order valence-electron chi connectivity index (χ1n) is 8.53. The molecule has 1 saturated heterocycles. The summed E-state index contributed by atoms with van der Waals surface area (Å²) < 4.78 is 15.2. The van der Waals surface area contributed by atoms with Crippen LogP contribution in [0.5, 0.6) is 0 Å². The summed E-state index contributed by atoms with van der Waals surface area (Å²) in [6.07, 6.45) is 7.79. The van der Waals surface area contributed by atoms with Crippen molar-refractivity contribution in [2.24, 2.45) is 11.3 Å². The molecule has 1 atom stereocenters. The van der Waals surface area contributed by atoms with Gasteiger partial charge in [-0.3, -0.25) is 9.36 Å². The van der Waals surface area contributed by atoms with E-state index in [2.05, 4.69) is 10.3 Å². The van der Waals surface area contributed by atoms with E-state index in [1.54, 1.807) is 17.0 Å². The molecule has 1 spiro atoms. The van der Waals surface area contributed by atoms with Crippen LogP contribution < -0.4 is 10.9 Å². The summed E-state index contributed by atoms with van der Waals surface area (Å²) in [5.74, 6) is 0.111. The molecular formula is C18H22FN3O. The lowest BCUT2D eigenvalue weighted by Gasteiger charge is -2.42. The summed E-state index contributed by atoms with van der Waals surface area (Å²) in [7, 11) is 0. The van der Waals surface area contributed by atoms with Crippen molar-refractivity contribution in [2.45, 2.75) is 38.6 Å². The van der Waals surface area contributed by atoms with Gasteiger partial charge in [0.15, 0.2) is 0 Å². The summed E-state index contributed by atoms with van der Waals surface area (Å²) in [5, 5.41) is 3.91. The highest BCUT2D eigenvalue weighted by Gasteiger charge is 2.42. The third-order valence-electron chi connectivity index (χ3n) is 5.82. The molecule has 2 aliphatic rings. The molecule has 0 radical (unpaired) electrons. The van der Waals surface area contributed by atoms with E-state index in [1.165, 1.54) is 37.8 Å². The second kappa shape index (κ2) is 5.71. The van der Waals surface area contributed by atoms with Crippen LogP contribution >= 0.6 is 0 Å². The minimum absolute atomic E-state index is 0.124. The molecule has 0 amide bonds. The van der Waals surface area contributed by atoms with Crippen LogP contribution in [0.3, 0.4) is 0 Å². The summed E-state index contributed by atoms with van der Waals surface area (Å²) in [4.78, 5) is 17.0. The van der Waals surface area contributed by atoms with Crippen molar-refractivity contribution in [1.82, 2.24) is 14.9 Å². The van der Waals surface area contributed by atoms with Crippen LogP contribution in [0.2, 0.25) is 0 Å². The predicted octanol–water partition coefficient (Wildman–Crippen LogP) is 2.71. The fraction of sp³-hybridized carbons (Fsp3) is 0.556. The number of aromatic nitrogens is 2. The number of hydrogen-bond donors (Lipinski definition) is 1. The number of benzene rings is 1. The molecule has 2 aromatic rings. The lowest BCUT2D eigenvalue weighted by atomic mass is 9.70. The van der Waals surface area contributed by atoms with E-state index < -0.39 is 0 Å². The third-order valence-corrected chi connectivity index (χ3v) is 5.82. The number of nitrogens with zero attached hydrogens (tertiary/aromatic N) is 2. The molecule has 1 unspecified atom stereocenters. The predicted molar refractivity (Wildman–Crippen MR) is 87.8 cm³/mol. The molecule has 2 fully saturated rings. The van der Waals surface area contributed by atoms with E-state index in [4.69, 9.17) is 0 Å². The maximum atomic E-state index is 13.5. The second-order valence-corrected chi connectivity index (χ2v) is 7.10. The molecule has 1 saturated carbocycles. The summed E-state index contributed by atoms with van der Waals surface area (Å²) in [6, 6.07) is 4.22. The number of nitrogens with one attached hydrogen (secondary N) is 1. The fourth-order valence-corrected chi connectivity index (χ4v) is 4.51. The molecule has 1 N–H and O–H groups in total. The first kappa shape index (κ1) is 14.8. The first-order chi connectivity index (χ1) is 11.2. The van der Waals surface area contributed by atoms with Gasteiger partial charge in [0, 0.05) is 13.1 Å². The number of fused-ring (bicyclic) bond motifs is 1. The molecular weight excluding hydrogens is 293 g/mol. The molecule has 4 rings (SSSR count). The zero-order chi connectivity index (χ0) is 15.9. The van der Waals surface area contributed by atoms with Gasteiger partial charge in [0.1, 0.15) is 5.82 Å². The monoisotopic (exact) mass is 315 g/mol. The minimum Gasteiger partial charge on any atom is -0.316 e. The van der Waals surface area contributed by atoms with Gasteiger partial charge in [-0.2, -0.15) is 0 Å². The van der Waals surface area contributed by atoms with Crippen molar-refractivity contribution >= 4 is 10.9 Å². The standard InChI is InChI=1S/C18H22FN3O/c19-14-3-4-16-15(9-14)17(23)22(12-21-16)10-13-5-8-20-11-18(13)6-1-2-7-18/h3-4,9,12-13,20H,1-2,5-8,10-11H2. The van der Waals surface area contributed by atoms with Gasteiger partial charge >= 0.3 is 0 Å². The average Bonchev–Trinajstić information content (AvgIpc) is 3.02. The molecule has 23 heavy (non-hydrogen) atoms. The summed E-state index contributed by atoms with van der Waals surface area (Å²) in [5.41, 5.74) is 0.768. The maximum absolute atomic E-state index is 13.5. The number of halogens is 1. The fourth-order valence-electron chi connectivity index (χ4n) is 4.51. The van der Waals surface area contributed by atoms with Crippen molar-refractivity contribution in [2.75, 3.05) is 13.1 Å². The van der Waals surface area contributed by atoms with E-state index in [1.807, 2.05) is 0 Å². The molecule has 1 aromatic carbocycles. The van der Waals surface area contributed by atoms with Gasteiger partial charge in [-0.15, -0.1) is 0 Å². The van der Waals surface area contributed by atoms with E-state index in [0.29, 0.717) is 28.8 Å². The van der Waals surface area contributed by atoms with Crippen LogP contribution in [0.4, 0.5) is 4.39 Å². The Labute approximate surface area is 134 Å². The molecule has 4 nitrogen and oxygen atoms in total. The zero-order valence-corrected chi connectivity index (χ0v) is 13.2. The molecule has 0 bridgehead atoms. The largest absolute Gasteiger partial charge is 0.316 e. The number of hydrogen-bond acceptors (Lipinski definition) is 3. The van der Waals surface area contributed by atoms with Crippen LogP contribution in [0.15, 0.2) is 29.3 Å². The molecule has 1 aromatic heterocycles. The number of piperidine rings is 1. The van der Waals surface area contributed by atoms with E-state index in [-0.39, 0.29) is 11.4 Å².